The van der Waals surface area contributed by atoms with Gasteiger partial charge in [-0.2, -0.15) is 9.61 Å². The van der Waals surface area contributed by atoms with Crippen molar-refractivity contribution in [1.29, 1.82) is 0 Å². The SMILES string of the molecule is COc1cccc(-c2ccc3nnc(SCC(=O)Nc4nccs4)n3n2)c1. The molecule has 27 heavy (non-hydrogen) atoms. The van der Waals surface area contributed by atoms with Crippen LogP contribution in [0.25, 0.3) is 16.9 Å². The number of fused-ring (bicyclic) bond motifs is 1. The van der Waals surface area contributed by atoms with Crippen LogP contribution in [0.3, 0.4) is 0 Å². The molecule has 0 aliphatic carbocycles. The molecule has 0 saturated heterocycles. The Kier molecular flexibility index (Phi) is 4.99. The third-order valence-electron chi connectivity index (χ3n) is 3.61. The number of nitrogens with zero attached hydrogens (tertiary/aromatic N) is 5. The Balaban J connectivity index is 1.54. The second-order valence-corrected chi connectivity index (χ2v) is 7.21. The maximum atomic E-state index is 12.0. The number of hydrogen-bond donors (Lipinski definition) is 1. The molecule has 0 saturated carbocycles. The van der Waals surface area contributed by atoms with E-state index in [-0.39, 0.29) is 11.7 Å². The van der Waals surface area contributed by atoms with Crippen LogP contribution in [0.4, 0.5) is 5.13 Å². The predicted octanol–water partition coefficient (Wildman–Crippen LogP) is 2.99. The third kappa shape index (κ3) is 3.91. The molecular weight excluding hydrogens is 384 g/mol. The standard InChI is InChI=1S/C17H14N6O2S2/c1-25-12-4-2-3-11(9-12)13-5-6-14-20-21-17(23(14)22-13)27-10-15(24)19-16-18-7-8-26-16/h2-9H,10H2,1H3,(H,18,19,24). The largest absolute Gasteiger partial charge is 0.497 e. The molecular formula is C17H14N6O2S2. The average molecular weight is 398 g/mol. The van der Waals surface area contributed by atoms with E-state index in [1.165, 1.54) is 23.1 Å². The minimum Gasteiger partial charge on any atom is -0.497 e. The average Bonchev–Trinajstić information content (AvgIpc) is 3.35. The van der Waals surface area contributed by atoms with Crippen LogP contribution in [0, 0.1) is 0 Å². The number of methoxy groups -OCH3 is 1. The molecule has 3 aromatic heterocycles. The number of carbonyl (C=O) groups excluding carboxylic acids is 1. The predicted molar refractivity (Wildman–Crippen MR) is 104 cm³/mol. The number of hydrogen-bond acceptors (Lipinski definition) is 8. The molecule has 1 amide bonds. The lowest BCUT2D eigenvalue weighted by atomic mass is 10.1. The molecule has 0 spiro atoms. The van der Waals surface area contributed by atoms with Gasteiger partial charge in [0.25, 0.3) is 0 Å². The lowest BCUT2D eigenvalue weighted by Crippen LogP contribution is -2.14. The van der Waals surface area contributed by atoms with Crippen molar-refractivity contribution in [2.45, 2.75) is 5.16 Å². The fourth-order valence-electron chi connectivity index (χ4n) is 2.37. The Labute approximate surface area is 162 Å². The topological polar surface area (TPSA) is 94.3 Å². The van der Waals surface area contributed by atoms with E-state index in [1.54, 1.807) is 23.2 Å². The number of anilines is 1. The first-order valence-electron chi connectivity index (χ1n) is 7.92. The van der Waals surface area contributed by atoms with Crippen molar-refractivity contribution in [3.05, 3.63) is 48.0 Å². The van der Waals surface area contributed by atoms with E-state index in [9.17, 15) is 4.79 Å². The minimum absolute atomic E-state index is 0.157. The quantitative estimate of drug-likeness (QED) is 0.499. The molecule has 1 N–H and O–H groups in total. The first-order valence-corrected chi connectivity index (χ1v) is 9.78. The maximum Gasteiger partial charge on any atom is 0.236 e. The van der Waals surface area contributed by atoms with Crippen LogP contribution >= 0.6 is 23.1 Å². The molecule has 136 valence electrons. The van der Waals surface area contributed by atoms with Crippen LogP contribution in [0.15, 0.2) is 53.1 Å². The van der Waals surface area contributed by atoms with Gasteiger partial charge in [-0.1, -0.05) is 23.9 Å². The molecule has 1 aromatic carbocycles. The minimum atomic E-state index is -0.157. The van der Waals surface area contributed by atoms with Gasteiger partial charge in [0.1, 0.15) is 5.75 Å². The summed E-state index contributed by atoms with van der Waals surface area (Å²) in [4.78, 5) is 16.1. The number of carbonyl (C=O) groups is 1. The Bertz CT molecular complexity index is 1080. The highest BCUT2D eigenvalue weighted by Crippen LogP contribution is 2.24. The van der Waals surface area contributed by atoms with Gasteiger partial charge >= 0.3 is 0 Å². The van der Waals surface area contributed by atoms with E-state index < -0.39 is 0 Å². The molecule has 4 aromatic rings. The number of thioether (sulfide) groups is 1. The summed E-state index contributed by atoms with van der Waals surface area (Å²) >= 11 is 2.64. The molecule has 0 aliphatic heterocycles. The van der Waals surface area contributed by atoms with E-state index in [4.69, 9.17) is 4.74 Å². The van der Waals surface area contributed by atoms with Gasteiger partial charge < -0.3 is 10.1 Å². The molecule has 0 atom stereocenters. The second-order valence-electron chi connectivity index (χ2n) is 5.38. The highest BCUT2D eigenvalue weighted by atomic mass is 32.2. The molecule has 0 radical (unpaired) electrons. The van der Waals surface area contributed by atoms with Crippen molar-refractivity contribution in [1.82, 2.24) is 24.8 Å². The fourth-order valence-corrected chi connectivity index (χ4v) is 3.60. The first-order chi connectivity index (χ1) is 13.2. The van der Waals surface area contributed by atoms with E-state index in [1.807, 2.05) is 36.4 Å². The van der Waals surface area contributed by atoms with Gasteiger partial charge in [-0.05, 0) is 24.3 Å². The van der Waals surface area contributed by atoms with Gasteiger partial charge in [0.2, 0.25) is 11.1 Å². The van der Waals surface area contributed by atoms with Crippen LogP contribution < -0.4 is 10.1 Å². The van der Waals surface area contributed by atoms with Crippen molar-refractivity contribution < 1.29 is 9.53 Å². The number of amides is 1. The van der Waals surface area contributed by atoms with E-state index in [0.29, 0.717) is 15.9 Å². The molecule has 0 aliphatic rings. The number of benzene rings is 1. The molecule has 10 heteroatoms. The zero-order valence-electron chi connectivity index (χ0n) is 14.2. The molecule has 4 rings (SSSR count). The van der Waals surface area contributed by atoms with Gasteiger partial charge in [-0.15, -0.1) is 21.5 Å². The summed E-state index contributed by atoms with van der Waals surface area (Å²) in [7, 11) is 1.63. The second kappa shape index (κ2) is 7.72. The van der Waals surface area contributed by atoms with Crippen molar-refractivity contribution in [2.75, 3.05) is 18.2 Å². The number of nitrogens with one attached hydrogen (secondary N) is 1. The molecule has 0 fully saturated rings. The highest BCUT2D eigenvalue weighted by molar-refractivity contribution is 7.99. The normalized spacial score (nSPS) is 10.9. The van der Waals surface area contributed by atoms with Crippen molar-refractivity contribution >= 4 is 39.8 Å². The van der Waals surface area contributed by atoms with Gasteiger partial charge in [0.15, 0.2) is 10.8 Å². The lowest BCUT2D eigenvalue weighted by Gasteiger charge is -2.05. The van der Waals surface area contributed by atoms with Crippen LogP contribution in [0.2, 0.25) is 0 Å². The number of ether oxygens (including phenoxy) is 1. The number of rotatable bonds is 6. The zero-order chi connectivity index (χ0) is 18.6. The summed E-state index contributed by atoms with van der Waals surface area (Å²) in [5, 5.41) is 18.5. The summed E-state index contributed by atoms with van der Waals surface area (Å²) in [5.41, 5.74) is 2.29. The zero-order valence-corrected chi connectivity index (χ0v) is 15.8. The summed E-state index contributed by atoms with van der Waals surface area (Å²) in [6.45, 7) is 0. The van der Waals surface area contributed by atoms with Gasteiger partial charge in [0, 0.05) is 17.1 Å². The third-order valence-corrected chi connectivity index (χ3v) is 5.22. The molecule has 3 heterocycles. The van der Waals surface area contributed by atoms with Crippen LogP contribution in [0.5, 0.6) is 5.75 Å². The summed E-state index contributed by atoms with van der Waals surface area (Å²) in [5.74, 6) is 0.785. The smallest absolute Gasteiger partial charge is 0.236 e. The van der Waals surface area contributed by atoms with Crippen LogP contribution in [-0.2, 0) is 4.79 Å². The first kappa shape index (κ1) is 17.4. The van der Waals surface area contributed by atoms with Gasteiger partial charge in [0.05, 0.1) is 18.6 Å². The van der Waals surface area contributed by atoms with Gasteiger partial charge in [-0.3, -0.25) is 4.79 Å². The fraction of sp³-hybridized carbons (Fsp3) is 0.118. The molecule has 0 unspecified atom stereocenters. The Morgan fingerprint density at radius 1 is 1.30 bits per heavy atom. The lowest BCUT2D eigenvalue weighted by molar-refractivity contribution is -0.113. The highest BCUT2D eigenvalue weighted by Gasteiger charge is 2.12. The van der Waals surface area contributed by atoms with E-state index >= 15 is 0 Å². The number of thiazole rings is 1. The van der Waals surface area contributed by atoms with Crippen molar-refractivity contribution in [3.63, 3.8) is 0 Å². The number of aromatic nitrogens is 5. The summed E-state index contributed by atoms with van der Waals surface area (Å²) in [6.07, 6.45) is 1.64. The Morgan fingerprint density at radius 3 is 3.04 bits per heavy atom. The van der Waals surface area contributed by atoms with E-state index in [0.717, 1.165) is 17.0 Å². The maximum absolute atomic E-state index is 12.0. The summed E-state index contributed by atoms with van der Waals surface area (Å²) in [6, 6.07) is 11.4. The summed E-state index contributed by atoms with van der Waals surface area (Å²) < 4.78 is 6.90. The molecule has 8 nitrogen and oxygen atoms in total. The van der Waals surface area contributed by atoms with Crippen molar-refractivity contribution in [3.8, 4) is 17.0 Å². The van der Waals surface area contributed by atoms with Crippen molar-refractivity contribution in [2.24, 2.45) is 0 Å². The molecule has 0 bridgehead atoms. The van der Waals surface area contributed by atoms with E-state index in [2.05, 4.69) is 25.6 Å². The Hall–Kier alpha value is -2.98. The monoisotopic (exact) mass is 398 g/mol. The van der Waals surface area contributed by atoms with Crippen LogP contribution in [0.1, 0.15) is 0 Å². The van der Waals surface area contributed by atoms with Gasteiger partial charge in [-0.25, -0.2) is 4.98 Å². The van der Waals surface area contributed by atoms with Crippen LogP contribution in [-0.4, -0.2) is 43.6 Å². The Morgan fingerprint density at radius 2 is 2.22 bits per heavy atom.